The minimum Gasteiger partial charge on any atom is -0.495 e. The van der Waals surface area contributed by atoms with Gasteiger partial charge < -0.3 is 38.6 Å². The van der Waals surface area contributed by atoms with Gasteiger partial charge in [0, 0.05) is 71.0 Å². The number of nitrogens with zero attached hydrogens (tertiary/aromatic N) is 3. The lowest BCUT2D eigenvalue weighted by Gasteiger charge is -2.42. The van der Waals surface area contributed by atoms with Gasteiger partial charge in [0.2, 0.25) is 23.6 Å². The van der Waals surface area contributed by atoms with E-state index in [1.54, 1.807) is 45.2 Å². The number of rotatable bonds is 13. The van der Waals surface area contributed by atoms with Gasteiger partial charge >= 0.3 is 12.1 Å². The van der Waals surface area contributed by atoms with Gasteiger partial charge in [-0.3, -0.25) is 34.2 Å². The van der Waals surface area contributed by atoms with Crippen LogP contribution >= 0.6 is 23.4 Å². The van der Waals surface area contributed by atoms with Crippen molar-refractivity contribution in [2.75, 3.05) is 45.5 Å². The quantitative estimate of drug-likeness (QED) is 0.141. The minimum absolute atomic E-state index is 0.0288. The number of alkyl carbamates (subject to hydrolysis) is 1. The number of anilines is 1. The summed E-state index contributed by atoms with van der Waals surface area (Å²) in [4.78, 5) is 97.3. The molecular weight excluding hydrogens is 920 g/mol. The number of hydrogen-bond acceptors (Lipinski definition) is 14. The molecule has 3 saturated heterocycles. The summed E-state index contributed by atoms with van der Waals surface area (Å²) in [7, 11) is 5.91. The number of epoxide rings is 1. The predicted molar refractivity (Wildman–Crippen MR) is 254 cm³/mol. The van der Waals surface area contributed by atoms with Crippen molar-refractivity contribution in [1.29, 1.82) is 0 Å². The Morgan fingerprint density at radius 1 is 1.09 bits per heavy atom. The van der Waals surface area contributed by atoms with Crippen LogP contribution in [0.5, 0.6) is 5.75 Å². The highest BCUT2D eigenvalue weighted by Crippen LogP contribution is 2.49. The van der Waals surface area contributed by atoms with Crippen LogP contribution in [0.2, 0.25) is 5.02 Å². The third kappa shape index (κ3) is 11.7. The number of amides is 5. The van der Waals surface area contributed by atoms with E-state index >= 15 is 0 Å². The number of carbonyl (C=O) groups excluding carboxylic acids is 7. The van der Waals surface area contributed by atoms with Crippen molar-refractivity contribution < 1.29 is 62.4 Å². The number of esters is 1. The van der Waals surface area contributed by atoms with E-state index in [2.05, 4.69) is 5.32 Å². The first kappa shape index (κ1) is 52.9. The molecule has 9 atom stereocenters. The summed E-state index contributed by atoms with van der Waals surface area (Å²) in [6, 6.07) is 2.43. The predicted octanol–water partition coefficient (Wildman–Crippen LogP) is 5.55. The van der Waals surface area contributed by atoms with Gasteiger partial charge in [-0.25, -0.2) is 9.59 Å². The molecule has 4 aliphatic heterocycles. The number of ether oxygens (including phenoxy) is 5. The molecule has 1 saturated carbocycles. The Kier molecular flexibility index (Phi) is 17.2. The molecule has 4 fully saturated rings. The van der Waals surface area contributed by atoms with E-state index in [4.69, 9.17) is 35.3 Å². The third-order valence-corrected chi connectivity index (χ3v) is 16.0. The van der Waals surface area contributed by atoms with Gasteiger partial charge in [0.25, 0.3) is 0 Å². The second-order valence-electron chi connectivity index (χ2n) is 19.1. The van der Waals surface area contributed by atoms with Crippen molar-refractivity contribution in [3.05, 3.63) is 46.5 Å². The van der Waals surface area contributed by atoms with Crippen molar-refractivity contribution in [3.63, 3.8) is 0 Å². The summed E-state index contributed by atoms with van der Waals surface area (Å²) in [6.07, 6.45) is 4.15. The smallest absolute Gasteiger partial charge is 0.409 e. The van der Waals surface area contributed by atoms with Crippen molar-refractivity contribution in [2.45, 2.75) is 146 Å². The molecule has 0 spiro atoms. The van der Waals surface area contributed by atoms with E-state index in [9.17, 15) is 38.7 Å². The van der Waals surface area contributed by atoms with E-state index in [0.717, 1.165) is 36.8 Å². The first-order chi connectivity index (χ1) is 32.1. The van der Waals surface area contributed by atoms with Gasteiger partial charge in [-0.05, 0) is 76.5 Å². The maximum absolute atomic E-state index is 14.3. The van der Waals surface area contributed by atoms with Crippen molar-refractivity contribution >= 4 is 70.5 Å². The molecule has 1 aromatic carbocycles. The number of fused-ring (bicyclic) bond motifs is 5. The van der Waals surface area contributed by atoms with Gasteiger partial charge in [0.1, 0.15) is 46.5 Å². The lowest BCUT2D eigenvalue weighted by atomic mass is 9.79. The molecule has 5 amide bonds. The van der Waals surface area contributed by atoms with Crippen LogP contribution < -0.4 is 15.0 Å². The number of thioether (sulfide) groups is 1. The molecule has 19 heteroatoms. The highest BCUT2D eigenvalue weighted by Gasteiger charge is 2.64. The fourth-order valence-electron chi connectivity index (χ4n) is 9.87. The number of halogens is 1. The first-order valence-electron chi connectivity index (χ1n) is 23.5. The average molecular weight is 988 g/mol. The number of methoxy groups -OCH3 is 2. The van der Waals surface area contributed by atoms with Crippen LogP contribution in [-0.4, -0.2) is 144 Å². The van der Waals surface area contributed by atoms with Crippen molar-refractivity contribution in [3.8, 4) is 5.75 Å². The zero-order chi connectivity index (χ0) is 49.8. The van der Waals surface area contributed by atoms with E-state index in [1.165, 1.54) is 54.7 Å². The average Bonchev–Trinajstić information content (AvgIpc) is 3.94. The molecule has 2 N–H and O–H groups in total. The zero-order valence-electron chi connectivity index (χ0n) is 40.5. The van der Waals surface area contributed by atoms with Crippen LogP contribution in [-0.2, 0) is 54.1 Å². The topological polar surface area (TPSA) is 211 Å². The summed E-state index contributed by atoms with van der Waals surface area (Å²) in [5, 5.41) is 13.9. The summed E-state index contributed by atoms with van der Waals surface area (Å²) in [5.41, 5.74) is -1.13. The molecule has 0 radical (unpaired) electrons. The SMILES string of the molecule is CCC(=O)C1CCC(CN2C(=O)C[C@H](SCCC(=O)N(C)[C@@H](C)C(=O)O[C@H]3CC(=O)N(C)c4cc(cc(OC)c4Cl)C/C(C)=C/C=C/[C@@H](OC)[C@@]4(O)C[C@H](OC(=O)N4)[C@@H](C)[C@@H]4O[C@@]34C)C2=O)CC1. The number of ketones is 1. The molecule has 1 aromatic rings. The van der Waals surface area contributed by atoms with Crippen LogP contribution in [0.25, 0.3) is 0 Å². The maximum atomic E-state index is 14.3. The summed E-state index contributed by atoms with van der Waals surface area (Å²) < 4.78 is 29.4. The molecule has 68 heavy (non-hydrogen) atoms. The number of likely N-dealkylation sites (N-methyl/N-ethyl adjacent to an activating group) is 1. The van der Waals surface area contributed by atoms with Gasteiger partial charge in [-0.1, -0.05) is 49.2 Å². The summed E-state index contributed by atoms with van der Waals surface area (Å²) >= 11 is 8.04. The molecule has 4 heterocycles. The van der Waals surface area contributed by atoms with Crippen LogP contribution in [0, 0.1) is 17.8 Å². The second kappa shape index (κ2) is 22.1. The Morgan fingerprint density at radius 2 is 1.79 bits per heavy atom. The van der Waals surface area contributed by atoms with E-state index in [0.29, 0.717) is 30.8 Å². The third-order valence-electron chi connectivity index (χ3n) is 14.5. The Labute approximate surface area is 407 Å². The molecule has 4 bridgehead atoms. The molecule has 0 aromatic heterocycles. The van der Waals surface area contributed by atoms with Gasteiger partial charge in [0.15, 0.2) is 5.72 Å². The largest absolute Gasteiger partial charge is 0.495 e. The van der Waals surface area contributed by atoms with Crippen LogP contribution in [0.15, 0.2) is 35.9 Å². The Balaban J connectivity index is 1.15. The summed E-state index contributed by atoms with van der Waals surface area (Å²) in [6.45, 7) is 9.09. The maximum Gasteiger partial charge on any atom is 0.409 e. The standard InChI is InChI=1S/C49H67ClN4O13S/c1-10-34(55)32-16-14-30(15-17-32)26-54-42(58)23-37(45(54)59)68-19-18-40(56)52(6)29(4)46(60)66-39-24-41(57)53(7)33-21-31(22-35(63-8)43(33)50)20-27(2)12-11-13-38(64-9)49(62)25-36(65-47(61)51-49)28(3)44-48(39,5)67-44/h11-13,21-22,28-30,32,36-39,44,62H,10,14-20,23-26H2,1-9H3,(H,51,61)/b13-11+,27-12+/t28-,29+,30?,32?,36+,37+,38-,39+,44+,48+,49+/m1/s1. The second-order valence-corrected chi connectivity index (χ2v) is 20.8. The fourth-order valence-corrected chi connectivity index (χ4v) is 11.3. The van der Waals surface area contributed by atoms with Crippen LogP contribution in [0.4, 0.5) is 10.5 Å². The van der Waals surface area contributed by atoms with Crippen molar-refractivity contribution in [1.82, 2.24) is 15.1 Å². The lowest BCUT2D eigenvalue weighted by Crippen LogP contribution is -2.63. The highest BCUT2D eigenvalue weighted by atomic mass is 35.5. The molecule has 1 aliphatic carbocycles. The number of likely N-dealkylation sites (tertiary alicyclic amines) is 1. The fraction of sp³-hybridized carbons (Fsp3) is 0.653. The molecular formula is C49H67ClN4O13S. The van der Waals surface area contributed by atoms with Crippen molar-refractivity contribution in [2.24, 2.45) is 17.8 Å². The Bertz CT molecular complexity index is 2180. The monoisotopic (exact) mass is 986 g/mol. The molecule has 5 aliphatic rings. The number of nitrogens with one attached hydrogen (secondary N) is 1. The summed E-state index contributed by atoms with van der Waals surface area (Å²) in [5.74, 6) is -1.73. The number of benzene rings is 1. The molecule has 17 nitrogen and oxygen atoms in total. The number of Topliss-reactive ketones (excluding diaryl/α,β-unsaturated/α-hetero) is 1. The number of aliphatic hydroxyl groups is 1. The highest BCUT2D eigenvalue weighted by molar-refractivity contribution is 8.00. The van der Waals surface area contributed by atoms with Gasteiger partial charge in [0.05, 0.1) is 30.6 Å². The molecule has 374 valence electrons. The number of carbonyl (C=O) groups is 7. The first-order valence-corrected chi connectivity index (χ1v) is 24.9. The Hall–Kier alpha value is -4.49. The lowest BCUT2D eigenvalue weighted by molar-refractivity contribution is -0.162. The van der Waals surface area contributed by atoms with E-state index in [-0.39, 0.29) is 65.9 Å². The molecule has 6 rings (SSSR count). The van der Waals surface area contributed by atoms with E-state index in [1.807, 2.05) is 19.9 Å². The van der Waals surface area contributed by atoms with Gasteiger partial charge in [-0.15, -0.1) is 11.8 Å². The number of hydrogen-bond donors (Lipinski definition) is 2. The van der Waals surface area contributed by atoms with Crippen LogP contribution in [0.3, 0.4) is 0 Å². The number of allylic oxidation sites excluding steroid dienone is 3. The Morgan fingerprint density at radius 3 is 2.46 bits per heavy atom. The van der Waals surface area contributed by atoms with Gasteiger partial charge in [-0.2, -0.15) is 0 Å². The molecule has 0 unspecified atom stereocenters. The zero-order valence-corrected chi connectivity index (χ0v) is 42.1. The normalized spacial score (nSPS) is 32.8. The minimum atomic E-state index is -1.87. The van der Waals surface area contributed by atoms with E-state index < -0.39 is 76.8 Å². The van der Waals surface area contributed by atoms with Crippen LogP contribution in [0.1, 0.15) is 98.0 Å². The number of imide groups is 1.